The number of nitrogens with one attached hydrogen (secondary N) is 1. The van der Waals surface area contributed by atoms with E-state index in [0.717, 1.165) is 62.2 Å². The van der Waals surface area contributed by atoms with Gasteiger partial charge in [-0.1, -0.05) is 6.07 Å². The molecule has 2 heterocycles. The number of hydrogen-bond donors (Lipinski definition) is 1. The van der Waals surface area contributed by atoms with Gasteiger partial charge in [0, 0.05) is 7.05 Å². The molecule has 0 aromatic heterocycles. The molecule has 1 N–H and O–H groups in total. The number of rotatable bonds is 8. The highest BCUT2D eigenvalue weighted by Gasteiger charge is 2.29. The van der Waals surface area contributed by atoms with Gasteiger partial charge >= 0.3 is 5.91 Å². The number of likely N-dealkylation sites (tertiary alicyclic amines) is 1. The van der Waals surface area contributed by atoms with E-state index in [1.54, 1.807) is 11.9 Å². The Morgan fingerprint density at radius 1 is 1.22 bits per heavy atom. The van der Waals surface area contributed by atoms with Crippen LogP contribution in [0.3, 0.4) is 0 Å². The minimum Gasteiger partial charge on any atom is -0.625 e. The van der Waals surface area contributed by atoms with E-state index in [9.17, 15) is 14.8 Å². The van der Waals surface area contributed by atoms with E-state index in [-0.39, 0.29) is 18.4 Å². The fourth-order valence-corrected chi connectivity index (χ4v) is 3.66. The van der Waals surface area contributed by atoms with Gasteiger partial charge in [0.2, 0.25) is 0 Å². The van der Waals surface area contributed by atoms with E-state index < -0.39 is 4.65 Å². The number of carbonyl (C=O) groups is 2. The van der Waals surface area contributed by atoms with E-state index in [0.29, 0.717) is 19.5 Å². The summed E-state index contributed by atoms with van der Waals surface area (Å²) in [6.07, 6.45) is 4.71. The van der Waals surface area contributed by atoms with Gasteiger partial charge in [-0.05, 0) is 62.9 Å². The molecule has 1 unspecified atom stereocenters. The van der Waals surface area contributed by atoms with Gasteiger partial charge in [-0.3, -0.25) is 9.44 Å². The molecule has 0 saturated carbocycles. The second kappa shape index (κ2) is 8.82. The highest BCUT2D eigenvalue weighted by Crippen LogP contribution is 2.31. The lowest BCUT2D eigenvalue weighted by Crippen LogP contribution is -2.51. The minimum atomic E-state index is -0.619. The first-order valence-electron chi connectivity index (χ1n) is 9.84. The topological polar surface area (TPSA) is 81.7 Å². The van der Waals surface area contributed by atoms with Crippen LogP contribution < -0.4 is 15.0 Å². The minimum absolute atomic E-state index is 0.0367. The van der Waals surface area contributed by atoms with Crippen molar-refractivity contribution < 1.29 is 19.0 Å². The molecule has 2 amide bonds. The van der Waals surface area contributed by atoms with Crippen LogP contribution in [0.1, 0.15) is 37.7 Å². The van der Waals surface area contributed by atoms with Crippen molar-refractivity contribution in [1.29, 1.82) is 0 Å². The Morgan fingerprint density at radius 2 is 2.07 bits per heavy atom. The number of fused-ring (bicyclic) bond motifs is 1. The summed E-state index contributed by atoms with van der Waals surface area (Å²) in [6.45, 7) is 2.63. The summed E-state index contributed by atoms with van der Waals surface area (Å²) in [6, 6.07) is 5.94. The average molecular weight is 375 g/mol. The molecule has 148 valence electrons. The second-order valence-corrected chi connectivity index (χ2v) is 7.44. The summed E-state index contributed by atoms with van der Waals surface area (Å²) in [5, 5.41) is 15.8. The Labute approximate surface area is 160 Å². The Bertz CT molecular complexity index is 694. The Morgan fingerprint density at radius 3 is 2.89 bits per heavy atom. The smallest absolute Gasteiger partial charge is 0.313 e. The normalized spacial score (nSPS) is 22.5. The third-order valence-corrected chi connectivity index (χ3v) is 5.44. The molecule has 1 aromatic rings. The lowest BCUT2D eigenvalue weighted by atomic mass is 10.1. The highest BCUT2D eigenvalue weighted by atomic mass is 16.6. The number of amides is 2. The van der Waals surface area contributed by atoms with E-state index in [4.69, 9.17) is 4.74 Å². The van der Waals surface area contributed by atoms with Gasteiger partial charge < -0.3 is 20.2 Å². The summed E-state index contributed by atoms with van der Waals surface area (Å²) in [4.78, 5) is 25.0. The van der Waals surface area contributed by atoms with Crippen molar-refractivity contribution in [2.75, 3.05) is 44.7 Å². The average Bonchev–Trinajstić information content (AvgIpc) is 2.66. The van der Waals surface area contributed by atoms with Gasteiger partial charge in [0.1, 0.15) is 5.75 Å². The maximum atomic E-state index is 12.4. The fraction of sp³-hybridized carbons (Fsp3) is 0.600. The van der Waals surface area contributed by atoms with Crippen molar-refractivity contribution >= 4 is 17.5 Å². The number of benzene rings is 1. The standard InChI is InChI=1S/C20H29N3O4/c1-22-17-8-7-16(14-18(17)27-15-19(22)24)9-11-21-10-3-5-13-23(26)12-4-2-6-20(23)25/h7-8,14,21H,2-6,9-13,15H2,1H3. The van der Waals surface area contributed by atoms with Crippen LogP contribution in [-0.4, -0.2) is 56.3 Å². The van der Waals surface area contributed by atoms with Crippen LogP contribution in [0.2, 0.25) is 0 Å². The van der Waals surface area contributed by atoms with Crippen molar-refractivity contribution in [3.05, 3.63) is 29.0 Å². The molecule has 0 radical (unpaired) electrons. The molecule has 2 aliphatic heterocycles. The van der Waals surface area contributed by atoms with Crippen molar-refractivity contribution in [2.24, 2.45) is 0 Å². The number of ether oxygens (including phenoxy) is 1. The molecule has 27 heavy (non-hydrogen) atoms. The maximum Gasteiger partial charge on any atom is 0.313 e. The van der Waals surface area contributed by atoms with Crippen molar-refractivity contribution in [3.63, 3.8) is 0 Å². The van der Waals surface area contributed by atoms with Crippen LogP contribution in [0.5, 0.6) is 5.75 Å². The van der Waals surface area contributed by atoms with Crippen LogP contribution >= 0.6 is 0 Å². The molecule has 1 atom stereocenters. The Hall–Kier alpha value is -1.96. The SMILES string of the molecule is CN1C(=O)COc2cc(CCNCCCC[N+]3([O-])CCCCC3=O)ccc21. The van der Waals surface area contributed by atoms with E-state index in [2.05, 4.69) is 5.32 Å². The number of carbonyl (C=O) groups excluding carboxylic acids is 2. The van der Waals surface area contributed by atoms with Crippen molar-refractivity contribution in [1.82, 2.24) is 5.32 Å². The van der Waals surface area contributed by atoms with Gasteiger partial charge in [-0.25, -0.2) is 4.79 Å². The van der Waals surface area contributed by atoms with Crippen LogP contribution in [-0.2, 0) is 16.0 Å². The second-order valence-electron chi connectivity index (χ2n) is 7.44. The molecule has 2 aliphatic rings. The largest absolute Gasteiger partial charge is 0.625 e. The predicted octanol–water partition coefficient (Wildman–Crippen LogP) is 1.98. The lowest BCUT2D eigenvalue weighted by molar-refractivity contribution is -0.808. The molecule has 3 rings (SSSR count). The zero-order valence-corrected chi connectivity index (χ0v) is 16.0. The molecule has 1 aromatic carbocycles. The molecule has 7 heteroatoms. The number of hydroxylamine groups is 3. The third kappa shape index (κ3) is 4.86. The van der Waals surface area contributed by atoms with E-state index >= 15 is 0 Å². The van der Waals surface area contributed by atoms with Gasteiger partial charge in [0.25, 0.3) is 5.91 Å². The number of hydrogen-bond acceptors (Lipinski definition) is 5. The predicted molar refractivity (Wildman–Crippen MR) is 103 cm³/mol. The number of piperidine rings is 1. The molecular formula is C20H29N3O4. The number of unbranched alkanes of at least 4 members (excludes halogenated alkanes) is 1. The molecule has 0 bridgehead atoms. The first kappa shape index (κ1) is 19.8. The van der Waals surface area contributed by atoms with Crippen molar-refractivity contribution in [3.8, 4) is 5.75 Å². The van der Waals surface area contributed by atoms with Crippen LogP contribution in [0.25, 0.3) is 0 Å². The third-order valence-electron chi connectivity index (χ3n) is 5.44. The van der Waals surface area contributed by atoms with Crippen LogP contribution in [0.4, 0.5) is 5.69 Å². The van der Waals surface area contributed by atoms with Crippen molar-refractivity contribution in [2.45, 2.75) is 38.5 Å². The summed E-state index contributed by atoms with van der Waals surface area (Å²) < 4.78 is 4.89. The molecular weight excluding hydrogens is 346 g/mol. The number of anilines is 1. The highest BCUT2D eigenvalue weighted by molar-refractivity contribution is 5.97. The first-order valence-corrected chi connectivity index (χ1v) is 9.84. The fourth-order valence-electron chi connectivity index (χ4n) is 3.66. The zero-order chi connectivity index (χ0) is 19.3. The van der Waals surface area contributed by atoms with Crippen LogP contribution in [0.15, 0.2) is 18.2 Å². The number of likely N-dealkylation sites (N-methyl/N-ethyl adjacent to an activating group) is 1. The quantitative estimate of drug-likeness (QED) is 0.427. The zero-order valence-electron chi connectivity index (χ0n) is 16.0. The van der Waals surface area contributed by atoms with E-state index in [1.165, 1.54) is 0 Å². The first-order chi connectivity index (χ1) is 13.0. The monoisotopic (exact) mass is 375 g/mol. The van der Waals surface area contributed by atoms with Gasteiger partial charge in [-0.2, -0.15) is 0 Å². The van der Waals surface area contributed by atoms with Gasteiger partial charge in [-0.15, -0.1) is 0 Å². The summed E-state index contributed by atoms with van der Waals surface area (Å²) in [5.41, 5.74) is 1.97. The molecule has 7 nitrogen and oxygen atoms in total. The van der Waals surface area contributed by atoms with Gasteiger partial charge in [0.05, 0.1) is 25.2 Å². The molecule has 0 aliphatic carbocycles. The number of quaternary nitrogens is 1. The van der Waals surface area contributed by atoms with E-state index in [1.807, 2.05) is 18.2 Å². The van der Waals surface area contributed by atoms with Gasteiger partial charge in [0.15, 0.2) is 6.61 Å². The maximum absolute atomic E-state index is 12.4. The number of nitrogens with zero attached hydrogens (tertiary/aromatic N) is 2. The molecule has 1 fully saturated rings. The summed E-state index contributed by atoms with van der Waals surface area (Å²) in [7, 11) is 1.76. The summed E-state index contributed by atoms with van der Waals surface area (Å²) in [5.74, 6) is 0.576. The molecule has 0 spiro atoms. The summed E-state index contributed by atoms with van der Waals surface area (Å²) >= 11 is 0. The molecule has 1 saturated heterocycles. The Kier molecular flexibility index (Phi) is 6.46. The van der Waals surface area contributed by atoms with Crippen LogP contribution in [0, 0.1) is 5.21 Å². The Balaban J connectivity index is 1.34. The lowest BCUT2D eigenvalue weighted by Gasteiger charge is -2.42.